The Bertz CT molecular complexity index is 478. The maximum absolute atomic E-state index is 12.2. The highest BCUT2D eigenvalue weighted by atomic mass is 16.4. The van der Waals surface area contributed by atoms with Gasteiger partial charge in [0, 0.05) is 11.2 Å². The van der Waals surface area contributed by atoms with Crippen LogP contribution in [0.5, 0.6) is 0 Å². The second-order valence-electron chi connectivity index (χ2n) is 5.47. The highest BCUT2D eigenvalue weighted by Gasteiger charge is 2.28. The van der Waals surface area contributed by atoms with Crippen molar-refractivity contribution in [2.75, 3.05) is 12.3 Å². The Morgan fingerprint density at radius 1 is 1.32 bits per heavy atom. The molecule has 1 aromatic carbocycles. The van der Waals surface area contributed by atoms with Crippen LogP contribution in [0.3, 0.4) is 0 Å². The molecule has 0 aliphatic heterocycles. The largest absolute Gasteiger partial charge is 0.480 e. The summed E-state index contributed by atoms with van der Waals surface area (Å²) < 4.78 is 0. The van der Waals surface area contributed by atoms with Gasteiger partial charge in [-0.3, -0.25) is 9.59 Å². The normalized spacial score (nSPS) is 11.1. The highest BCUT2D eigenvalue weighted by Crippen LogP contribution is 2.16. The number of benzene rings is 1. The summed E-state index contributed by atoms with van der Waals surface area (Å²) in [5.74, 6) is -1.24. The van der Waals surface area contributed by atoms with Crippen LogP contribution in [-0.4, -0.2) is 34.0 Å². The molecule has 0 aliphatic carbocycles. The van der Waals surface area contributed by atoms with Gasteiger partial charge in [0.05, 0.1) is 6.42 Å². The third kappa shape index (κ3) is 4.62. The quantitative estimate of drug-likeness (QED) is 0.808. The molecule has 5 nitrogen and oxygen atoms in total. The molecule has 0 fully saturated rings. The SMILES string of the molecule is CC(C)(C)N(CC(=O)O)C(=O)Cc1cccc(N)c1. The van der Waals surface area contributed by atoms with Crippen LogP contribution in [0.25, 0.3) is 0 Å². The number of nitrogen functional groups attached to an aromatic ring is 1. The fraction of sp³-hybridized carbons (Fsp3) is 0.429. The van der Waals surface area contributed by atoms with E-state index in [2.05, 4.69) is 0 Å². The Morgan fingerprint density at radius 3 is 2.42 bits per heavy atom. The van der Waals surface area contributed by atoms with E-state index in [9.17, 15) is 9.59 Å². The molecule has 0 aliphatic rings. The third-order valence-electron chi connectivity index (χ3n) is 2.71. The summed E-state index contributed by atoms with van der Waals surface area (Å²) in [4.78, 5) is 24.4. The van der Waals surface area contributed by atoms with E-state index in [1.165, 1.54) is 4.90 Å². The van der Waals surface area contributed by atoms with Crippen molar-refractivity contribution in [3.8, 4) is 0 Å². The summed E-state index contributed by atoms with van der Waals surface area (Å²) >= 11 is 0. The molecule has 1 rings (SSSR count). The average molecular weight is 264 g/mol. The Hall–Kier alpha value is -2.04. The Balaban J connectivity index is 2.86. The van der Waals surface area contributed by atoms with Gasteiger partial charge in [-0.05, 0) is 38.5 Å². The number of hydrogen-bond donors (Lipinski definition) is 2. The number of carboxylic acid groups (broad SMARTS) is 1. The molecule has 1 amide bonds. The summed E-state index contributed by atoms with van der Waals surface area (Å²) in [7, 11) is 0. The third-order valence-corrected chi connectivity index (χ3v) is 2.71. The predicted molar refractivity (Wildman–Crippen MR) is 73.7 cm³/mol. The zero-order chi connectivity index (χ0) is 14.6. The summed E-state index contributed by atoms with van der Waals surface area (Å²) in [5.41, 5.74) is 6.50. The number of carboxylic acids is 1. The minimum atomic E-state index is -1.02. The van der Waals surface area contributed by atoms with E-state index in [4.69, 9.17) is 10.8 Å². The van der Waals surface area contributed by atoms with E-state index in [1.54, 1.807) is 24.3 Å². The fourth-order valence-corrected chi connectivity index (χ4v) is 1.81. The number of carbonyl (C=O) groups excluding carboxylic acids is 1. The first-order valence-electron chi connectivity index (χ1n) is 6.07. The minimum absolute atomic E-state index is 0.148. The Labute approximate surface area is 113 Å². The molecule has 0 saturated heterocycles. The van der Waals surface area contributed by atoms with Crippen molar-refractivity contribution in [2.24, 2.45) is 0 Å². The molecular formula is C14H20N2O3. The number of amides is 1. The van der Waals surface area contributed by atoms with Crippen LogP contribution < -0.4 is 5.73 Å². The van der Waals surface area contributed by atoms with E-state index in [0.29, 0.717) is 5.69 Å². The van der Waals surface area contributed by atoms with Crippen LogP contribution in [0.15, 0.2) is 24.3 Å². The molecule has 0 bridgehead atoms. The number of hydrogen-bond acceptors (Lipinski definition) is 3. The van der Waals surface area contributed by atoms with Gasteiger partial charge in [-0.15, -0.1) is 0 Å². The Morgan fingerprint density at radius 2 is 1.95 bits per heavy atom. The molecule has 0 atom stereocenters. The lowest BCUT2D eigenvalue weighted by atomic mass is 10.0. The van der Waals surface area contributed by atoms with Crippen molar-refractivity contribution in [3.63, 3.8) is 0 Å². The lowest BCUT2D eigenvalue weighted by Gasteiger charge is -2.34. The van der Waals surface area contributed by atoms with Crippen molar-refractivity contribution >= 4 is 17.6 Å². The summed E-state index contributed by atoms with van der Waals surface area (Å²) in [6.07, 6.45) is 0.148. The maximum atomic E-state index is 12.2. The van der Waals surface area contributed by atoms with Crippen LogP contribution in [0.1, 0.15) is 26.3 Å². The predicted octanol–water partition coefficient (Wildman–Crippen LogP) is 1.52. The standard InChI is InChI=1S/C14H20N2O3/c1-14(2,3)16(9-13(18)19)12(17)8-10-5-4-6-11(15)7-10/h4-7H,8-9,15H2,1-3H3,(H,18,19). The van der Waals surface area contributed by atoms with Gasteiger partial charge in [-0.1, -0.05) is 12.1 Å². The molecule has 19 heavy (non-hydrogen) atoms. The van der Waals surface area contributed by atoms with Gasteiger partial charge >= 0.3 is 5.97 Å². The zero-order valence-corrected chi connectivity index (χ0v) is 11.5. The first-order chi connectivity index (χ1) is 8.70. The average Bonchev–Trinajstić information content (AvgIpc) is 2.24. The number of anilines is 1. The van der Waals surface area contributed by atoms with E-state index in [-0.39, 0.29) is 18.9 Å². The highest BCUT2D eigenvalue weighted by molar-refractivity contribution is 5.83. The minimum Gasteiger partial charge on any atom is -0.480 e. The van der Waals surface area contributed by atoms with Crippen molar-refractivity contribution < 1.29 is 14.7 Å². The van der Waals surface area contributed by atoms with Crippen molar-refractivity contribution in [1.29, 1.82) is 0 Å². The van der Waals surface area contributed by atoms with Gasteiger partial charge in [-0.2, -0.15) is 0 Å². The van der Waals surface area contributed by atoms with Crippen LogP contribution in [0.2, 0.25) is 0 Å². The van der Waals surface area contributed by atoms with E-state index < -0.39 is 11.5 Å². The molecule has 0 spiro atoms. The monoisotopic (exact) mass is 264 g/mol. The zero-order valence-electron chi connectivity index (χ0n) is 11.5. The molecule has 0 unspecified atom stereocenters. The summed E-state index contributed by atoms with van der Waals surface area (Å²) in [6.45, 7) is 5.14. The second-order valence-corrected chi connectivity index (χ2v) is 5.47. The smallest absolute Gasteiger partial charge is 0.323 e. The molecular weight excluding hydrogens is 244 g/mol. The maximum Gasteiger partial charge on any atom is 0.323 e. The summed E-state index contributed by atoms with van der Waals surface area (Å²) in [5, 5.41) is 8.89. The van der Waals surface area contributed by atoms with Crippen molar-refractivity contribution in [1.82, 2.24) is 4.90 Å². The lowest BCUT2D eigenvalue weighted by molar-refractivity contribution is -0.147. The number of nitrogens with two attached hydrogens (primary N) is 1. The molecule has 1 aromatic rings. The fourth-order valence-electron chi connectivity index (χ4n) is 1.81. The molecule has 3 N–H and O–H groups in total. The number of rotatable bonds is 4. The van der Waals surface area contributed by atoms with Crippen LogP contribution in [0, 0.1) is 0 Å². The van der Waals surface area contributed by atoms with E-state index in [0.717, 1.165) is 5.56 Å². The molecule has 0 heterocycles. The molecule has 0 saturated carbocycles. The van der Waals surface area contributed by atoms with Gasteiger partial charge in [-0.25, -0.2) is 0 Å². The Kier molecular flexibility index (Phi) is 4.53. The van der Waals surface area contributed by atoms with Crippen LogP contribution >= 0.6 is 0 Å². The second kappa shape index (κ2) is 5.73. The number of carbonyl (C=O) groups is 2. The number of nitrogens with zero attached hydrogens (tertiary/aromatic N) is 1. The van der Waals surface area contributed by atoms with E-state index in [1.807, 2.05) is 20.8 Å². The number of aliphatic carboxylic acids is 1. The van der Waals surface area contributed by atoms with Gasteiger partial charge in [0.2, 0.25) is 5.91 Å². The van der Waals surface area contributed by atoms with Crippen LogP contribution in [0.4, 0.5) is 5.69 Å². The molecule has 0 radical (unpaired) electrons. The summed E-state index contributed by atoms with van der Waals surface area (Å²) in [6, 6.07) is 7.04. The van der Waals surface area contributed by atoms with Gasteiger partial charge in [0.15, 0.2) is 0 Å². The van der Waals surface area contributed by atoms with Crippen molar-refractivity contribution in [3.05, 3.63) is 29.8 Å². The first-order valence-corrected chi connectivity index (χ1v) is 6.07. The van der Waals surface area contributed by atoms with Gasteiger partial charge in [0.1, 0.15) is 6.54 Å². The van der Waals surface area contributed by atoms with Gasteiger partial charge < -0.3 is 15.7 Å². The molecule has 104 valence electrons. The van der Waals surface area contributed by atoms with E-state index >= 15 is 0 Å². The molecule has 0 aromatic heterocycles. The molecule has 5 heteroatoms. The lowest BCUT2D eigenvalue weighted by Crippen LogP contribution is -2.48. The first kappa shape index (κ1) is 15.0. The van der Waals surface area contributed by atoms with Crippen LogP contribution in [-0.2, 0) is 16.0 Å². The topological polar surface area (TPSA) is 83.6 Å². The van der Waals surface area contributed by atoms with Gasteiger partial charge in [0.25, 0.3) is 0 Å². The van der Waals surface area contributed by atoms with Crippen molar-refractivity contribution in [2.45, 2.75) is 32.7 Å².